The number of hydrogen-bond donors (Lipinski definition) is 1. The van der Waals surface area contributed by atoms with Crippen molar-refractivity contribution < 1.29 is 21.2 Å². The molecule has 1 heterocycles. The van der Waals surface area contributed by atoms with Gasteiger partial charge in [0.15, 0.2) is 0 Å². The van der Waals surface area contributed by atoms with E-state index in [1.807, 2.05) is 0 Å². The Morgan fingerprint density at radius 3 is 2.32 bits per heavy atom. The third kappa shape index (κ3) is 4.45. The van der Waals surface area contributed by atoms with Crippen LogP contribution in [0.1, 0.15) is 11.1 Å². The Morgan fingerprint density at radius 2 is 1.61 bits per heavy atom. The lowest BCUT2D eigenvalue weighted by Gasteiger charge is -2.28. The zero-order valence-electron chi connectivity index (χ0n) is 16.1. The van der Waals surface area contributed by atoms with Gasteiger partial charge in [-0.25, -0.2) is 21.2 Å². The van der Waals surface area contributed by atoms with Crippen molar-refractivity contribution in [3.63, 3.8) is 0 Å². The van der Waals surface area contributed by atoms with Gasteiger partial charge in [-0.1, -0.05) is 29.8 Å². The van der Waals surface area contributed by atoms with E-state index in [0.29, 0.717) is 23.6 Å². The van der Waals surface area contributed by atoms with E-state index in [9.17, 15) is 21.2 Å². The van der Waals surface area contributed by atoms with E-state index in [1.165, 1.54) is 46.8 Å². The van der Waals surface area contributed by atoms with Crippen molar-refractivity contribution in [1.82, 2.24) is 4.31 Å². The summed E-state index contributed by atoms with van der Waals surface area (Å²) < 4.78 is 68.7. The number of benzene rings is 3. The molecular weight excluding hydrogens is 463 g/mol. The van der Waals surface area contributed by atoms with Crippen LogP contribution in [0.4, 0.5) is 10.1 Å². The minimum atomic E-state index is -4.13. The second-order valence-electron chi connectivity index (χ2n) is 7.06. The van der Waals surface area contributed by atoms with Crippen LogP contribution in [0, 0.1) is 5.82 Å². The topological polar surface area (TPSA) is 83.6 Å². The SMILES string of the molecule is O=S(=O)(Nc1ccc2c(c1)CN(S(=O)(=O)c1ccc(Cl)cc1)CC2)c1ccccc1F. The molecule has 0 bridgehead atoms. The van der Waals surface area contributed by atoms with Crippen molar-refractivity contribution in [3.05, 3.63) is 88.7 Å². The number of anilines is 1. The highest BCUT2D eigenvalue weighted by molar-refractivity contribution is 7.92. The van der Waals surface area contributed by atoms with Gasteiger partial charge in [0.25, 0.3) is 10.0 Å². The zero-order chi connectivity index (χ0) is 22.2. The third-order valence-electron chi connectivity index (χ3n) is 5.01. The number of nitrogens with one attached hydrogen (secondary N) is 1. The molecule has 0 saturated carbocycles. The highest BCUT2D eigenvalue weighted by atomic mass is 35.5. The summed E-state index contributed by atoms with van der Waals surface area (Å²) in [5.74, 6) is -0.854. The predicted molar refractivity (Wildman–Crippen MR) is 116 cm³/mol. The average molecular weight is 481 g/mol. The molecule has 1 N–H and O–H groups in total. The van der Waals surface area contributed by atoms with Crippen LogP contribution in [0.2, 0.25) is 5.02 Å². The van der Waals surface area contributed by atoms with Gasteiger partial charge < -0.3 is 0 Å². The van der Waals surface area contributed by atoms with Crippen molar-refractivity contribution in [2.45, 2.75) is 22.8 Å². The number of fused-ring (bicyclic) bond motifs is 1. The fourth-order valence-corrected chi connectivity index (χ4v) is 6.10. The van der Waals surface area contributed by atoms with Crippen molar-refractivity contribution >= 4 is 37.3 Å². The van der Waals surface area contributed by atoms with Crippen molar-refractivity contribution in [1.29, 1.82) is 0 Å². The van der Waals surface area contributed by atoms with Crippen LogP contribution in [0.25, 0.3) is 0 Å². The molecule has 0 radical (unpaired) electrons. The van der Waals surface area contributed by atoms with Gasteiger partial charge in [0.2, 0.25) is 10.0 Å². The Bertz CT molecular complexity index is 1340. The summed E-state index contributed by atoms with van der Waals surface area (Å²) in [6, 6.07) is 15.9. The van der Waals surface area contributed by atoms with E-state index >= 15 is 0 Å². The molecule has 6 nitrogen and oxygen atoms in total. The standard InChI is InChI=1S/C21H18ClFN2O4S2/c22-17-6-9-19(10-7-17)31(28,29)25-12-11-15-5-8-18(13-16(15)14-25)24-30(26,27)21-4-2-1-3-20(21)23/h1-10,13,24H,11-12,14H2. The lowest BCUT2D eigenvalue weighted by molar-refractivity contribution is 0.391. The minimum absolute atomic E-state index is 0.0928. The van der Waals surface area contributed by atoms with Gasteiger partial charge in [-0.3, -0.25) is 4.72 Å². The maximum atomic E-state index is 13.9. The summed E-state index contributed by atoms with van der Waals surface area (Å²) in [6.07, 6.45) is 0.489. The molecule has 31 heavy (non-hydrogen) atoms. The molecule has 3 aromatic rings. The summed E-state index contributed by atoms with van der Waals surface area (Å²) in [6.45, 7) is 0.397. The van der Waals surface area contributed by atoms with Gasteiger partial charge in [0, 0.05) is 23.8 Å². The molecule has 0 unspecified atom stereocenters. The van der Waals surface area contributed by atoms with E-state index in [-0.39, 0.29) is 17.1 Å². The fourth-order valence-electron chi connectivity index (χ4n) is 3.43. The average Bonchev–Trinajstić information content (AvgIpc) is 2.73. The smallest absolute Gasteiger partial charge is 0.264 e. The van der Waals surface area contributed by atoms with Crippen LogP contribution < -0.4 is 4.72 Å². The van der Waals surface area contributed by atoms with Crippen LogP contribution in [0.5, 0.6) is 0 Å². The molecule has 0 aliphatic carbocycles. The maximum Gasteiger partial charge on any atom is 0.264 e. The Morgan fingerprint density at radius 1 is 0.903 bits per heavy atom. The summed E-state index contributed by atoms with van der Waals surface area (Å²) >= 11 is 5.85. The van der Waals surface area contributed by atoms with E-state index in [4.69, 9.17) is 11.6 Å². The van der Waals surface area contributed by atoms with Gasteiger partial charge in [-0.2, -0.15) is 4.31 Å². The largest absolute Gasteiger partial charge is 0.280 e. The van der Waals surface area contributed by atoms with Crippen molar-refractivity contribution in [2.24, 2.45) is 0 Å². The second-order valence-corrected chi connectivity index (χ2v) is 11.1. The first-order valence-corrected chi connectivity index (χ1v) is 12.6. The highest BCUT2D eigenvalue weighted by Crippen LogP contribution is 2.28. The molecule has 0 atom stereocenters. The molecule has 0 amide bonds. The summed E-state index contributed by atoms with van der Waals surface area (Å²) in [5.41, 5.74) is 1.83. The molecule has 1 aliphatic rings. The second kappa shape index (κ2) is 8.23. The van der Waals surface area contributed by atoms with Gasteiger partial charge in [0.1, 0.15) is 10.7 Å². The van der Waals surface area contributed by atoms with E-state index in [0.717, 1.165) is 11.6 Å². The van der Waals surface area contributed by atoms with Crippen molar-refractivity contribution in [2.75, 3.05) is 11.3 Å². The molecule has 0 aromatic heterocycles. The summed E-state index contributed by atoms with van der Waals surface area (Å²) in [4.78, 5) is -0.323. The molecule has 0 saturated heterocycles. The van der Waals surface area contributed by atoms with Gasteiger partial charge in [0.05, 0.1) is 4.90 Å². The lowest BCUT2D eigenvalue weighted by atomic mass is 10.0. The number of rotatable bonds is 5. The van der Waals surface area contributed by atoms with Gasteiger partial charge >= 0.3 is 0 Å². The van der Waals surface area contributed by atoms with Crippen LogP contribution in [-0.4, -0.2) is 27.7 Å². The molecule has 162 valence electrons. The zero-order valence-corrected chi connectivity index (χ0v) is 18.5. The number of hydrogen-bond acceptors (Lipinski definition) is 4. The predicted octanol–water partition coefficient (Wildman–Crippen LogP) is 4.03. The Hall–Kier alpha value is -2.46. The normalized spacial score (nSPS) is 14.8. The van der Waals surface area contributed by atoms with Crippen molar-refractivity contribution in [3.8, 4) is 0 Å². The maximum absolute atomic E-state index is 13.9. The quantitative estimate of drug-likeness (QED) is 0.597. The molecule has 10 heteroatoms. The molecule has 4 rings (SSSR count). The lowest BCUT2D eigenvalue weighted by Crippen LogP contribution is -2.36. The van der Waals surface area contributed by atoms with Crippen LogP contribution in [0.3, 0.4) is 0 Å². The highest BCUT2D eigenvalue weighted by Gasteiger charge is 2.29. The van der Waals surface area contributed by atoms with Crippen LogP contribution >= 0.6 is 11.6 Å². The third-order valence-corrected chi connectivity index (χ3v) is 8.54. The molecule has 3 aromatic carbocycles. The summed E-state index contributed by atoms with van der Waals surface area (Å²) in [7, 11) is -7.86. The Balaban J connectivity index is 1.60. The van der Waals surface area contributed by atoms with Crippen LogP contribution in [0.15, 0.2) is 76.5 Å². The fraction of sp³-hybridized carbons (Fsp3) is 0.143. The Kier molecular flexibility index (Phi) is 5.78. The monoisotopic (exact) mass is 480 g/mol. The first-order valence-electron chi connectivity index (χ1n) is 9.32. The van der Waals surface area contributed by atoms with E-state index in [1.54, 1.807) is 18.2 Å². The molecule has 0 fully saturated rings. The molecular formula is C21H18ClFN2O4S2. The van der Waals surface area contributed by atoms with Gasteiger partial charge in [-0.05, 0) is 66.1 Å². The first-order chi connectivity index (χ1) is 14.7. The van der Waals surface area contributed by atoms with Crippen LogP contribution in [-0.2, 0) is 33.0 Å². The van der Waals surface area contributed by atoms with E-state index < -0.39 is 30.8 Å². The minimum Gasteiger partial charge on any atom is -0.280 e. The molecule has 0 spiro atoms. The van der Waals surface area contributed by atoms with Gasteiger partial charge in [-0.15, -0.1) is 0 Å². The number of nitrogens with zero attached hydrogens (tertiary/aromatic N) is 1. The Labute approximate surface area is 185 Å². The summed E-state index contributed by atoms with van der Waals surface area (Å²) in [5, 5.41) is 0.440. The number of halogens is 2. The molecule has 1 aliphatic heterocycles. The number of sulfonamides is 2. The first kappa shape index (κ1) is 21.8. The van der Waals surface area contributed by atoms with E-state index in [2.05, 4.69) is 4.72 Å².